The zero-order valence-electron chi connectivity index (χ0n) is 13.2. The summed E-state index contributed by atoms with van der Waals surface area (Å²) in [5, 5.41) is 9.47. The summed E-state index contributed by atoms with van der Waals surface area (Å²) in [7, 11) is -0.287. The number of aromatic amines is 1. The van der Waals surface area contributed by atoms with Gasteiger partial charge in [-0.25, -0.2) is 12.8 Å². The number of allylic oxidation sites excluding steroid dienone is 1. The minimum Gasteiger partial charge on any atom is -0.382 e. The van der Waals surface area contributed by atoms with E-state index < -0.39 is 21.6 Å². The summed E-state index contributed by atoms with van der Waals surface area (Å²) in [6, 6.07) is 5.59. The van der Waals surface area contributed by atoms with Crippen molar-refractivity contribution in [1.29, 1.82) is 5.26 Å². The first-order valence-electron chi connectivity index (χ1n) is 6.74. The summed E-state index contributed by atoms with van der Waals surface area (Å²) in [6.07, 6.45) is 2.29. The van der Waals surface area contributed by atoms with Crippen LogP contribution >= 0.6 is 0 Å². The fraction of sp³-hybridized carbons (Fsp3) is 0.200. The molecule has 0 saturated carbocycles. The minimum absolute atomic E-state index is 0.0819. The van der Waals surface area contributed by atoms with Crippen molar-refractivity contribution in [3.63, 3.8) is 0 Å². The number of fused-ring (bicyclic) bond motifs is 1. The number of carbonyl (C=O) groups is 1. The smallest absolute Gasteiger partial charge is 0.229 e. The van der Waals surface area contributed by atoms with Crippen LogP contribution in [0.2, 0.25) is 0 Å². The van der Waals surface area contributed by atoms with E-state index >= 15 is 0 Å². The van der Waals surface area contributed by atoms with Crippen LogP contribution < -0.4 is 4.72 Å². The van der Waals surface area contributed by atoms with Gasteiger partial charge in [-0.05, 0) is 18.2 Å². The van der Waals surface area contributed by atoms with Gasteiger partial charge in [0.2, 0.25) is 15.8 Å². The van der Waals surface area contributed by atoms with Crippen LogP contribution in [0.5, 0.6) is 0 Å². The maximum atomic E-state index is 14.0. The van der Waals surface area contributed by atoms with Crippen LogP contribution in [-0.4, -0.2) is 44.4 Å². The van der Waals surface area contributed by atoms with Crippen molar-refractivity contribution in [1.82, 2.24) is 9.88 Å². The van der Waals surface area contributed by atoms with Gasteiger partial charge < -0.3 is 9.88 Å². The summed E-state index contributed by atoms with van der Waals surface area (Å²) < 4.78 is 38.5. The Balaban J connectivity index is 2.49. The second-order valence-corrected chi connectivity index (χ2v) is 7.17. The van der Waals surface area contributed by atoms with Crippen molar-refractivity contribution in [3.8, 4) is 6.07 Å². The fourth-order valence-corrected chi connectivity index (χ4v) is 2.65. The number of aromatic nitrogens is 1. The van der Waals surface area contributed by atoms with Crippen molar-refractivity contribution < 1.29 is 17.6 Å². The van der Waals surface area contributed by atoms with E-state index in [0.29, 0.717) is 10.9 Å². The number of carbonyl (C=O) groups excluding carboxylic acids is 1. The number of anilines is 1. The van der Waals surface area contributed by atoms with Gasteiger partial charge in [0.1, 0.15) is 17.5 Å². The van der Waals surface area contributed by atoms with Crippen LogP contribution in [0, 0.1) is 17.1 Å². The molecule has 0 amide bonds. The van der Waals surface area contributed by atoms with E-state index in [4.69, 9.17) is 5.26 Å². The molecule has 0 fully saturated rings. The third-order valence-corrected chi connectivity index (χ3v) is 3.59. The summed E-state index contributed by atoms with van der Waals surface area (Å²) in [4.78, 5) is 16.7. The van der Waals surface area contributed by atoms with E-state index in [0.717, 1.165) is 12.3 Å². The van der Waals surface area contributed by atoms with Crippen LogP contribution in [0.25, 0.3) is 10.9 Å². The fourth-order valence-electron chi connectivity index (χ4n) is 2.09. The van der Waals surface area contributed by atoms with E-state index in [1.165, 1.54) is 18.3 Å². The van der Waals surface area contributed by atoms with Gasteiger partial charge in [-0.2, -0.15) is 5.26 Å². The van der Waals surface area contributed by atoms with E-state index in [1.54, 1.807) is 19.0 Å². The van der Waals surface area contributed by atoms with E-state index in [-0.39, 0.29) is 17.0 Å². The normalized spacial score (nSPS) is 12.0. The van der Waals surface area contributed by atoms with Crippen molar-refractivity contribution in [2.24, 2.45) is 0 Å². The van der Waals surface area contributed by atoms with E-state index in [9.17, 15) is 17.6 Å². The van der Waals surface area contributed by atoms with Gasteiger partial charge in [0.05, 0.1) is 17.6 Å². The van der Waals surface area contributed by atoms with Gasteiger partial charge in [-0.15, -0.1) is 0 Å². The number of Topliss-reactive ketones (excluding diaryl/α,β-unsaturated/α-hetero) is 1. The van der Waals surface area contributed by atoms with Crippen LogP contribution in [0.15, 0.2) is 30.0 Å². The molecule has 0 spiro atoms. The highest BCUT2D eigenvalue weighted by Crippen LogP contribution is 2.25. The Kier molecular flexibility index (Phi) is 4.61. The topological polar surface area (TPSA) is 106 Å². The Hall–Kier alpha value is -2.86. The van der Waals surface area contributed by atoms with Crippen molar-refractivity contribution >= 4 is 32.4 Å². The summed E-state index contributed by atoms with van der Waals surface area (Å²) in [6.45, 7) is 0. The van der Waals surface area contributed by atoms with Crippen LogP contribution in [0.3, 0.4) is 0 Å². The molecule has 9 heteroatoms. The molecule has 1 heterocycles. The van der Waals surface area contributed by atoms with Crippen molar-refractivity contribution in [3.05, 3.63) is 41.5 Å². The van der Waals surface area contributed by atoms with Gasteiger partial charge >= 0.3 is 0 Å². The molecule has 0 atom stereocenters. The highest BCUT2D eigenvalue weighted by Gasteiger charge is 2.17. The second kappa shape index (κ2) is 6.33. The van der Waals surface area contributed by atoms with E-state index in [2.05, 4.69) is 9.71 Å². The maximum absolute atomic E-state index is 14.0. The number of sulfonamides is 1. The molecule has 7 nitrogen and oxygen atoms in total. The van der Waals surface area contributed by atoms with Crippen molar-refractivity contribution in [2.75, 3.05) is 25.1 Å². The average Bonchev–Trinajstić information content (AvgIpc) is 2.85. The first kappa shape index (κ1) is 17.5. The molecule has 0 saturated heterocycles. The quantitative estimate of drug-likeness (QED) is 0.486. The molecule has 2 rings (SSSR count). The SMILES string of the molecule is CN(C)/C=C(\C#N)C(=O)c1cc2cc(F)c(NS(C)(=O)=O)cc2[nH]1. The summed E-state index contributed by atoms with van der Waals surface area (Å²) in [5.41, 5.74) is 0.167. The molecule has 0 radical (unpaired) electrons. The summed E-state index contributed by atoms with van der Waals surface area (Å²) >= 11 is 0. The Morgan fingerprint density at radius 1 is 1.38 bits per heavy atom. The monoisotopic (exact) mass is 350 g/mol. The average molecular weight is 350 g/mol. The highest BCUT2D eigenvalue weighted by molar-refractivity contribution is 7.92. The number of hydrogen-bond acceptors (Lipinski definition) is 5. The molecule has 0 unspecified atom stereocenters. The molecule has 126 valence electrons. The Morgan fingerprint density at radius 2 is 2.04 bits per heavy atom. The highest BCUT2D eigenvalue weighted by atomic mass is 32.2. The number of ketones is 1. The molecule has 24 heavy (non-hydrogen) atoms. The lowest BCUT2D eigenvalue weighted by molar-refractivity contribution is 0.103. The number of nitrogens with zero attached hydrogens (tertiary/aromatic N) is 2. The first-order chi connectivity index (χ1) is 11.1. The lowest BCUT2D eigenvalue weighted by Gasteiger charge is -2.05. The molecule has 2 N–H and O–H groups in total. The molecule has 2 aromatic rings. The predicted molar refractivity (Wildman–Crippen MR) is 88.4 cm³/mol. The zero-order valence-corrected chi connectivity index (χ0v) is 14.0. The largest absolute Gasteiger partial charge is 0.382 e. The molecular formula is C15H15FN4O3S. The molecule has 1 aromatic heterocycles. The number of hydrogen-bond donors (Lipinski definition) is 2. The van der Waals surface area contributed by atoms with Crippen molar-refractivity contribution in [2.45, 2.75) is 0 Å². The standard InChI is InChI=1S/C15H15FN4O3S/c1-20(2)8-10(7-17)15(21)14-5-9-4-11(16)13(6-12(9)18-14)19-24(3,22)23/h4-6,8,18-19H,1-3H3/b10-8+. The molecule has 0 aliphatic carbocycles. The first-order valence-corrected chi connectivity index (χ1v) is 8.63. The zero-order chi connectivity index (χ0) is 18.1. The minimum atomic E-state index is -3.64. The van der Waals surface area contributed by atoms with Crippen LogP contribution in [-0.2, 0) is 10.0 Å². The van der Waals surface area contributed by atoms with Gasteiger partial charge in [0, 0.05) is 31.2 Å². The number of rotatable bonds is 5. The van der Waals surface area contributed by atoms with Crippen LogP contribution in [0.4, 0.5) is 10.1 Å². The van der Waals surface area contributed by atoms with Gasteiger partial charge in [-0.3, -0.25) is 9.52 Å². The number of nitriles is 1. The van der Waals surface area contributed by atoms with Crippen LogP contribution in [0.1, 0.15) is 10.5 Å². The molecule has 1 aromatic carbocycles. The van der Waals surface area contributed by atoms with Gasteiger partial charge in [-0.1, -0.05) is 0 Å². The molecule has 0 aliphatic rings. The summed E-state index contributed by atoms with van der Waals surface area (Å²) in [5.74, 6) is -1.31. The number of halogens is 1. The molecule has 0 aliphatic heterocycles. The lowest BCUT2D eigenvalue weighted by Crippen LogP contribution is -2.10. The third-order valence-electron chi connectivity index (χ3n) is 3.00. The van der Waals surface area contributed by atoms with Gasteiger partial charge in [0.25, 0.3) is 0 Å². The molecule has 0 bridgehead atoms. The van der Waals surface area contributed by atoms with E-state index in [1.807, 2.05) is 6.07 Å². The number of H-pyrrole nitrogens is 1. The predicted octanol–water partition coefficient (Wildman–Crippen LogP) is 1.83. The Labute approximate surface area is 138 Å². The number of benzene rings is 1. The Morgan fingerprint density at radius 3 is 2.58 bits per heavy atom. The van der Waals surface area contributed by atoms with Gasteiger partial charge in [0.15, 0.2) is 0 Å². The lowest BCUT2D eigenvalue weighted by atomic mass is 10.1. The maximum Gasteiger partial charge on any atom is 0.229 e. The second-order valence-electron chi connectivity index (χ2n) is 5.42. The Bertz CT molecular complexity index is 984. The third kappa shape index (κ3) is 3.91. The molecular weight excluding hydrogens is 335 g/mol. The number of nitrogens with one attached hydrogen (secondary N) is 2.